The molecule has 7 nitrogen and oxygen atoms in total. The van der Waals surface area contributed by atoms with Crippen molar-refractivity contribution in [3.63, 3.8) is 0 Å². The lowest BCUT2D eigenvalue weighted by Gasteiger charge is -2.37. The summed E-state index contributed by atoms with van der Waals surface area (Å²) in [5.74, 6) is 0.0449. The number of hydrogen-bond donors (Lipinski definition) is 1. The minimum Gasteiger partial charge on any atom is -0.352 e. The number of nitrogens with zero attached hydrogens (tertiary/aromatic N) is 4. The van der Waals surface area contributed by atoms with E-state index in [9.17, 15) is 9.59 Å². The normalized spacial score (nSPS) is 17.3. The average molecular weight is 492 g/mol. The third-order valence-corrected chi connectivity index (χ3v) is 7.15. The summed E-state index contributed by atoms with van der Waals surface area (Å²) in [5.41, 5.74) is 3.10. The maximum atomic E-state index is 13.6. The van der Waals surface area contributed by atoms with Crippen molar-refractivity contribution in [3.8, 4) is 11.3 Å². The summed E-state index contributed by atoms with van der Waals surface area (Å²) in [5, 5.41) is 8.54. The molecule has 1 aromatic heterocycles. The molecule has 1 saturated heterocycles. The molecule has 35 heavy (non-hydrogen) atoms. The Hall–Kier alpha value is -3.16. The molecule has 0 bridgehead atoms. The van der Waals surface area contributed by atoms with E-state index in [0.717, 1.165) is 24.0 Å². The Morgan fingerprint density at radius 1 is 1.03 bits per heavy atom. The van der Waals surface area contributed by atoms with Crippen molar-refractivity contribution in [2.24, 2.45) is 0 Å². The van der Waals surface area contributed by atoms with Crippen LogP contribution in [0.25, 0.3) is 11.3 Å². The average Bonchev–Trinajstić information content (AvgIpc) is 3.61. The van der Waals surface area contributed by atoms with Crippen molar-refractivity contribution in [1.82, 2.24) is 24.9 Å². The number of hydrogen-bond acceptors (Lipinski definition) is 4. The molecule has 3 aromatic rings. The molecular weight excluding hydrogens is 462 g/mol. The second-order valence-corrected chi connectivity index (χ2v) is 9.74. The van der Waals surface area contributed by atoms with E-state index in [0.29, 0.717) is 55.0 Å². The number of rotatable bonds is 7. The summed E-state index contributed by atoms with van der Waals surface area (Å²) in [6, 6.07) is 17.6. The highest BCUT2D eigenvalue weighted by atomic mass is 35.5. The fourth-order valence-corrected chi connectivity index (χ4v) is 4.66. The number of halogens is 1. The largest absolute Gasteiger partial charge is 0.352 e. The molecule has 1 atom stereocenters. The minimum atomic E-state index is -0.189. The smallest absolute Gasteiger partial charge is 0.257 e. The molecule has 1 aliphatic heterocycles. The molecule has 1 saturated carbocycles. The Balaban J connectivity index is 1.32. The number of benzene rings is 2. The van der Waals surface area contributed by atoms with Crippen LogP contribution in [0.2, 0.25) is 5.02 Å². The molecular formula is C27H30ClN5O2. The molecule has 1 aliphatic carbocycles. The van der Waals surface area contributed by atoms with Crippen LogP contribution in [-0.2, 0) is 11.3 Å². The molecule has 0 spiro atoms. The standard InChI is InChI=1S/C27H30ClN5O2/c1-19(26(34)29-22-11-12-22)31-13-15-32(16-14-31)27(35)23-18-33(17-21-9-5-6-10-24(21)28)30-25(23)20-7-3-2-4-8-20/h2-10,18-19,22H,11-17H2,1H3,(H,29,34)/t19-/m0/s1. The van der Waals surface area contributed by atoms with Gasteiger partial charge in [-0.3, -0.25) is 19.2 Å². The van der Waals surface area contributed by atoms with Gasteiger partial charge in [-0.15, -0.1) is 0 Å². The lowest BCUT2D eigenvalue weighted by Crippen LogP contribution is -2.55. The predicted octanol–water partition coefficient (Wildman–Crippen LogP) is 3.68. The van der Waals surface area contributed by atoms with Gasteiger partial charge in [-0.2, -0.15) is 5.10 Å². The molecule has 2 heterocycles. The van der Waals surface area contributed by atoms with Crippen LogP contribution in [-0.4, -0.2) is 69.7 Å². The second kappa shape index (κ2) is 10.2. The zero-order valence-corrected chi connectivity index (χ0v) is 20.6. The first-order valence-electron chi connectivity index (χ1n) is 12.2. The first-order chi connectivity index (χ1) is 17.0. The van der Waals surface area contributed by atoms with Crippen LogP contribution in [0.5, 0.6) is 0 Å². The quantitative estimate of drug-likeness (QED) is 0.547. The fraction of sp³-hybridized carbons (Fsp3) is 0.370. The van der Waals surface area contributed by atoms with Crippen LogP contribution in [0.1, 0.15) is 35.7 Å². The first-order valence-corrected chi connectivity index (χ1v) is 12.6. The van der Waals surface area contributed by atoms with Crippen molar-refractivity contribution in [2.45, 2.75) is 38.4 Å². The number of aromatic nitrogens is 2. The fourth-order valence-electron chi connectivity index (χ4n) is 4.47. The molecule has 8 heteroatoms. The number of amides is 2. The van der Waals surface area contributed by atoms with Gasteiger partial charge in [0.1, 0.15) is 5.69 Å². The predicted molar refractivity (Wildman–Crippen MR) is 136 cm³/mol. The number of nitrogens with one attached hydrogen (secondary N) is 1. The monoisotopic (exact) mass is 491 g/mol. The Labute approximate surface area is 210 Å². The Kier molecular flexibility index (Phi) is 6.88. The van der Waals surface area contributed by atoms with Crippen molar-refractivity contribution < 1.29 is 9.59 Å². The van der Waals surface area contributed by atoms with Gasteiger partial charge in [0, 0.05) is 49.0 Å². The number of carbonyl (C=O) groups is 2. The molecule has 2 amide bonds. The molecule has 1 N–H and O–H groups in total. The van der Waals surface area contributed by atoms with E-state index < -0.39 is 0 Å². The topological polar surface area (TPSA) is 70.5 Å². The van der Waals surface area contributed by atoms with Crippen molar-refractivity contribution in [2.75, 3.05) is 26.2 Å². The van der Waals surface area contributed by atoms with Crippen LogP contribution in [0.15, 0.2) is 60.8 Å². The van der Waals surface area contributed by atoms with E-state index in [4.69, 9.17) is 16.7 Å². The summed E-state index contributed by atoms with van der Waals surface area (Å²) in [6.07, 6.45) is 3.98. The summed E-state index contributed by atoms with van der Waals surface area (Å²) < 4.78 is 1.79. The summed E-state index contributed by atoms with van der Waals surface area (Å²) in [7, 11) is 0. The molecule has 0 unspecified atom stereocenters. The van der Waals surface area contributed by atoms with Crippen LogP contribution in [0.4, 0.5) is 0 Å². The van der Waals surface area contributed by atoms with E-state index in [-0.39, 0.29) is 17.9 Å². The third kappa shape index (κ3) is 5.41. The maximum Gasteiger partial charge on any atom is 0.257 e. The third-order valence-electron chi connectivity index (χ3n) is 6.78. The zero-order valence-electron chi connectivity index (χ0n) is 19.9. The Bertz CT molecular complexity index is 1200. The molecule has 2 aliphatic rings. The van der Waals surface area contributed by atoms with Gasteiger partial charge >= 0.3 is 0 Å². The minimum absolute atomic E-state index is 0.0380. The van der Waals surface area contributed by atoms with Crippen molar-refractivity contribution in [3.05, 3.63) is 76.9 Å². The van der Waals surface area contributed by atoms with Crippen LogP contribution < -0.4 is 5.32 Å². The molecule has 182 valence electrons. The van der Waals surface area contributed by atoms with Crippen LogP contribution in [0.3, 0.4) is 0 Å². The highest BCUT2D eigenvalue weighted by molar-refractivity contribution is 6.31. The summed E-state index contributed by atoms with van der Waals surface area (Å²) in [4.78, 5) is 30.1. The Morgan fingerprint density at radius 2 is 1.71 bits per heavy atom. The van der Waals surface area contributed by atoms with Gasteiger partial charge in [-0.05, 0) is 31.4 Å². The van der Waals surface area contributed by atoms with E-state index in [2.05, 4.69) is 10.2 Å². The maximum absolute atomic E-state index is 13.6. The molecule has 2 fully saturated rings. The SMILES string of the molecule is C[C@@H](C(=O)NC1CC1)N1CCN(C(=O)c2cn(Cc3ccccc3Cl)nc2-c2ccccc2)CC1. The lowest BCUT2D eigenvalue weighted by molar-refractivity contribution is -0.126. The van der Waals surface area contributed by atoms with Gasteiger partial charge in [0.25, 0.3) is 5.91 Å². The van der Waals surface area contributed by atoms with Gasteiger partial charge in [0.2, 0.25) is 5.91 Å². The second-order valence-electron chi connectivity index (χ2n) is 9.33. The highest BCUT2D eigenvalue weighted by Crippen LogP contribution is 2.25. The van der Waals surface area contributed by atoms with E-state index in [1.54, 1.807) is 4.68 Å². The zero-order chi connectivity index (χ0) is 24.4. The summed E-state index contributed by atoms with van der Waals surface area (Å²) in [6.45, 7) is 4.90. The lowest BCUT2D eigenvalue weighted by atomic mass is 10.1. The van der Waals surface area contributed by atoms with Crippen LogP contribution >= 0.6 is 11.6 Å². The van der Waals surface area contributed by atoms with E-state index in [1.165, 1.54) is 0 Å². The van der Waals surface area contributed by atoms with Gasteiger partial charge in [-0.1, -0.05) is 60.1 Å². The van der Waals surface area contributed by atoms with E-state index >= 15 is 0 Å². The Morgan fingerprint density at radius 3 is 2.40 bits per heavy atom. The number of carbonyl (C=O) groups excluding carboxylic acids is 2. The first kappa shape index (κ1) is 23.6. The molecule has 5 rings (SSSR count). The van der Waals surface area contributed by atoms with E-state index in [1.807, 2.05) is 72.6 Å². The number of piperazine rings is 1. The van der Waals surface area contributed by atoms with Gasteiger partial charge in [-0.25, -0.2) is 0 Å². The molecule has 0 radical (unpaired) electrons. The van der Waals surface area contributed by atoms with Gasteiger partial charge < -0.3 is 10.2 Å². The molecule has 2 aromatic carbocycles. The highest BCUT2D eigenvalue weighted by Gasteiger charge is 2.32. The van der Waals surface area contributed by atoms with Gasteiger partial charge in [0.15, 0.2) is 0 Å². The van der Waals surface area contributed by atoms with Gasteiger partial charge in [0.05, 0.1) is 18.2 Å². The van der Waals surface area contributed by atoms with Crippen molar-refractivity contribution in [1.29, 1.82) is 0 Å². The van der Waals surface area contributed by atoms with Crippen LogP contribution in [0, 0.1) is 0 Å². The summed E-state index contributed by atoms with van der Waals surface area (Å²) >= 11 is 6.37. The van der Waals surface area contributed by atoms with Crippen molar-refractivity contribution >= 4 is 23.4 Å².